The van der Waals surface area contributed by atoms with E-state index in [0.717, 1.165) is 17.7 Å². The molecule has 0 aliphatic heterocycles. The molecule has 0 aliphatic carbocycles. The van der Waals surface area contributed by atoms with Crippen LogP contribution < -0.4 is 5.73 Å². The molecule has 72 valence electrons. The Morgan fingerprint density at radius 2 is 2.31 bits per heavy atom. The molecule has 2 N–H and O–H groups in total. The second kappa shape index (κ2) is 4.94. The van der Waals surface area contributed by atoms with Crippen LogP contribution in [0.25, 0.3) is 0 Å². The fourth-order valence-electron chi connectivity index (χ4n) is 1.11. The first-order chi connectivity index (χ1) is 6.24. The van der Waals surface area contributed by atoms with Crippen molar-refractivity contribution < 1.29 is 4.74 Å². The molecule has 3 heteroatoms. The van der Waals surface area contributed by atoms with E-state index in [2.05, 4.69) is 4.98 Å². The van der Waals surface area contributed by atoms with Crippen molar-refractivity contribution in [3.05, 3.63) is 29.6 Å². The molecule has 0 fully saturated rings. The van der Waals surface area contributed by atoms with Crippen molar-refractivity contribution in [3.63, 3.8) is 0 Å². The molecule has 1 aromatic rings. The number of aryl methyl sites for hydroxylation is 1. The summed E-state index contributed by atoms with van der Waals surface area (Å²) in [5.74, 6) is 0. The molecule has 1 unspecified atom stereocenters. The molecule has 1 aromatic heterocycles. The van der Waals surface area contributed by atoms with Crippen LogP contribution in [0.1, 0.15) is 23.7 Å². The maximum atomic E-state index is 5.91. The van der Waals surface area contributed by atoms with Crippen molar-refractivity contribution in [2.75, 3.05) is 13.7 Å². The van der Waals surface area contributed by atoms with Crippen LogP contribution in [0.3, 0.4) is 0 Å². The van der Waals surface area contributed by atoms with Crippen LogP contribution in [-0.4, -0.2) is 18.7 Å². The topological polar surface area (TPSA) is 48.1 Å². The predicted octanol–water partition coefficient (Wildman–Crippen LogP) is 1.43. The summed E-state index contributed by atoms with van der Waals surface area (Å²) in [6.45, 7) is 2.65. The van der Waals surface area contributed by atoms with Crippen LogP contribution in [0, 0.1) is 6.92 Å². The van der Waals surface area contributed by atoms with Gasteiger partial charge in [0.05, 0.1) is 0 Å². The molecular weight excluding hydrogens is 164 g/mol. The largest absolute Gasteiger partial charge is 0.385 e. The average molecular weight is 180 g/mol. The van der Waals surface area contributed by atoms with Gasteiger partial charge in [0, 0.05) is 31.6 Å². The van der Waals surface area contributed by atoms with Crippen molar-refractivity contribution in [1.82, 2.24) is 4.98 Å². The first-order valence-electron chi connectivity index (χ1n) is 4.41. The van der Waals surface area contributed by atoms with Crippen molar-refractivity contribution in [3.8, 4) is 0 Å². The van der Waals surface area contributed by atoms with Gasteiger partial charge in [0.2, 0.25) is 0 Å². The molecule has 1 atom stereocenters. The fraction of sp³-hybridized carbons (Fsp3) is 0.500. The first kappa shape index (κ1) is 10.2. The number of hydrogen-bond donors (Lipinski definition) is 1. The summed E-state index contributed by atoms with van der Waals surface area (Å²) in [5, 5.41) is 0. The van der Waals surface area contributed by atoms with Crippen molar-refractivity contribution in [2.45, 2.75) is 19.4 Å². The summed E-state index contributed by atoms with van der Waals surface area (Å²) >= 11 is 0. The Bertz CT molecular complexity index is 246. The second-order valence-corrected chi connectivity index (χ2v) is 3.12. The predicted molar refractivity (Wildman–Crippen MR) is 52.4 cm³/mol. The molecule has 0 aromatic carbocycles. The lowest BCUT2D eigenvalue weighted by atomic mass is 10.1. The monoisotopic (exact) mass is 180 g/mol. The maximum Gasteiger partial charge on any atom is 0.0480 e. The van der Waals surface area contributed by atoms with Crippen LogP contribution in [0.2, 0.25) is 0 Å². The summed E-state index contributed by atoms with van der Waals surface area (Å²) in [4.78, 5) is 4.19. The Morgan fingerprint density at radius 1 is 1.54 bits per heavy atom. The minimum atomic E-state index is 0.0352. The quantitative estimate of drug-likeness (QED) is 0.762. The minimum Gasteiger partial charge on any atom is -0.385 e. The summed E-state index contributed by atoms with van der Waals surface area (Å²) in [6, 6.07) is 4.03. The lowest BCUT2D eigenvalue weighted by Crippen LogP contribution is -2.12. The summed E-state index contributed by atoms with van der Waals surface area (Å²) in [5.41, 5.74) is 8.00. The highest BCUT2D eigenvalue weighted by Gasteiger charge is 2.04. The molecule has 1 heterocycles. The van der Waals surface area contributed by atoms with Crippen LogP contribution in [0.4, 0.5) is 0 Å². The van der Waals surface area contributed by atoms with Gasteiger partial charge in [-0.1, -0.05) is 6.07 Å². The number of rotatable bonds is 4. The standard InChI is InChI=1S/C10H16N2O/c1-8-3-4-9(7-12-8)10(11)5-6-13-2/h3-4,7,10H,5-6,11H2,1-2H3. The number of nitrogens with two attached hydrogens (primary N) is 1. The second-order valence-electron chi connectivity index (χ2n) is 3.12. The Hall–Kier alpha value is -0.930. The highest BCUT2D eigenvalue weighted by atomic mass is 16.5. The number of aromatic nitrogens is 1. The van der Waals surface area contributed by atoms with E-state index in [1.807, 2.05) is 25.3 Å². The van der Waals surface area contributed by atoms with E-state index < -0.39 is 0 Å². The molecule has 0 amide bonds. The van der Waals surface area contributed by atoms with Gasteiger partial charge >= 0.3 is 0 Å². The van der Waals surface area contributed by atoms with Crippen LogP contribution in [-0.2, 0) is 4.74 Å². The number of methoxy groups -OCH3 is 1. The van der Waals surface area contributed by atoms with E-state index in [4.69, 9.17) is 10.5 Å². The van der Waals surface area contributed by atoms with E-state index in [1.165, 1.54) is 0 Å². The van der Waals surface area contributed by atoms with Gasteiger partial charge in [0.25, 0.3) is 0 Å². The third kappa shape index (κ3) is 3.13. The van der Waals surface area contributed by atoms with E-state index in [1.54, 1.807) is 7.11 Å². The van der Waals surface area contributed by atoms with Crippen molar-refractivity contribution in [2.24, 2.45) is 5.73 Å². The van der Waals surface area contributed by atoms with Crippen LogP contribution >= 0.6 is 0 Å². The molecule has 1 rings (SSSR count). The van der Waals surface area contributed by atoms with Gasteiger partial charge in [-0.25, -0.2) is 0 Å². The Kier molecular flexibility index (Phi) is 3.86. The fourth-order valence-corrected chi connectivity index (χ4v) is 1.11. The summed E-state index contributed by atoms with van der Waals surface area (Å²) < 4.78 is 4.96. The molecular formula is C10H16N2O. The first-order valence-corrected chi connectivity index (χ1v) is 4.41. The van der Waals surface area contributed by atoms with Crippen molar-refractivity contribution >= 4 is 0 Å². The molecule has 13 heavy (non-hydrogen) atoms. The van der Waals surface area contributed by atoms with Gasteiger partial charge in [0.15, 0.2) is 0 Å². The SMILES string of the molecule is COCCC(N)c1ccc(C)nc1. The summed E-state index contributed by atoms with van der Waals surface area (Å²) in [7, 11) is 1.68. The zero-order valence-corrected chi connectivity index (χ0v) is 8.16. The molecule has 0 radical (unpaired) electrons. The average Bonchev–Trinajstić information content (AvgIpc) is 2.15. The number of ether oxygens (including phenoxy) is 1. The molecule has 0 saturated heterocycles. The molecule has 0 bridgehead atoms. The highest BCUT2D eigenvalue weighted by Crippen LogP contribution is 2.12. The highest BCUT2D eigenvalue weighted by molar-refractivity contribution is 5.16. The maximum absolute atomic E-state index is 5.91. The lowest BCUT2D eigenvalue weighted by Gasteiger charge is -2.10. The van der Waals surface area contributed by atoms with Gasteiger partial charge in [-0.3, -0.25) is 4.98 Å². The Balaban J connectivity index is 2.55. The van der Waals surface area contributed by atoms with E-state index in [9.17, 15) is 0 Å². The van der Waals surface area contributed by atoms with Gasteiger partial charge in [0.1, 0.15) is 0 Å². The minimum absolute atomic E-state index is 0.0352. The normalized spacial score (nSPS) is 12.8. The smallest absolute Gasteiger partial charge is 0.0480 e. The van der Waals surface area contributed by atoms with Gasteiger partial charge in [-0.05, 0) is 25.0 Å². The van der Waals surface area contributed by atoms with E-state index in [0.29, 0.717) is 6.61 Å². The molecule has 0 spiro atoms. The number of hydrogen-bond acceptors (Lipinski definition) is 3. The van der Waals surface area contributed by atoms with Crippen LogP contribution in [0.5, 0.6) is 0 Å². The zero-order chi connectivity index (χ0) is 9.68. The summed E-state index contributed by atoms with van der Waals surface area (Å²) in [6.07, 6.45) is 2.66. The van der Waals surface area contributed by atoms with E-state index in [-0.39, 0.29) is 6.04 Å². The molecule has 0 saturated carbocycles. The molecule has 3 nitrogen and oxygen atoms in total. The zero-order valence-electron chi connectivity index (χ0n) is 8.16. The van der Waals surface area contributed by atoms with Crippen LogP contribution in [0.15, 0.2) is 18.3 Å². The number of pyridine rings is 1. The van der Waals surface area contributed by atoms with Gasteiger partial charge in [-0.15, -0.1) is 0 Å². The van der Waals surface area contributed by atoms with E-state index >= 15 is 0 Å². The Labute approximate surface area is 78.9 Å². The van der Waals surface area contributed by atoms with Crippen molar-refractivity contribution in [1.29, 1.82) is 0 Å². The molecule has 0 aliphatic rings. The third-order valence-corrected chi connectivity index (χ3v) is 2.00. The Morgan fingerprint density at radius 3 is 2.85 bits per heavy atom. The number of nitrogens with zero attached hydrogens (tertiary/aromatic N) is 1. The third-order valence-electron chi connectivity index (χ3n) is 2.00. The lowest BCUT2D eigenvalue weighted by molar-refractivity contribution is 0.188. The van der Waals surface area contributed by atoms with Gasteiger partial charge < -0.3 is 10.5 Å². The van der Waals surface area contributed by atoms with Gasteiger partial charge in [-0.2, -0.15) is 0 Å².